The lowest BCUT2D eigenvalue weighted by Crippen LogP contribution is -2.16. The van der Waals surface area contributed by atoms with Crippen LogP contribution >= 0.6 is 0 Å². The van der Waals surface area contributed by atoms with E-state index in [0.717, 1.165) is 22.1 Å². The van der Waals surface area contributed by atoms with Crippen molar-refractivity contribution in [1.82, 2.24) is 0 Å². The van der Waals surface area contributed by atoms with Gasteiger partial charge in [-0.25, -0.2) is 0 Å². The number of hydrogen-bond acceptors (Lipinski definition) is 3. The van der Waals surface area contributed by atoms with Gasteiger partial charge in [0.25, 0.3) is 0 Å². The number of ether oxygens (including phenoxy) is 1. The van der Waals surface area contributed by atoms with Gasteiger partial charge in [-0.05, 0) is 5.39 Å². The fraction of sp³-hybridized carbons (Fsp3) is 0.0714. The molecule has 3 rings (SSSR count). The van der Waals surface area contributed by atoms with Crippen LogP contribution in [0.3, 0.4) is 0 Å². The number of hydrogen-bond donors (Lipinski definition) is 1. The highest BCUT2D eigenvalue weighted by Crippen LogP contribution is 2.35. The van der Waals surface area contributed by atoms with Crippen LogP contribution in [-0.4, -0.2) is 0 Å². The molecule has 82 valence electrons. The standard InChI is InChI=1S/C14H10N2O/c15-8-11-7-10-6-5-9-3-1-2-4-12(9)13(10)17-14(11)16/h1-6H,7,16H2. The first-order valence-electron chi connectivity index (χ1n) is 5.37. The molecular weight excluding hydrogens is 212 g/mol. The molecule has 3 nitrogen and oxygen atoms in total. The summed E-state index contributed by atoms with van der Waals surface area (Å²) in [6.07, 6.45) is 0.544. The Morgan fingerprint density at radius 1 is 1.18 bits per heavy atom. The largest absolute Gasteiger partial charge is 0.440 e. The second-order valence-corrected chi connectivity index (χ2v) is 4.01. The zero-order valence-corrected chi connectivity index (χ0v) is 9.10. The van der Waals surface area contributed by atoms with Gasteiger partial charge < -0.3 is 10.5 Å². The van der Waals surface area contributed by atoms with Gasteiger partial charge in [0.15, 0.2) is 0 Å². The van der Waals surface area contributed by atoms with Gasteiger partial charge in [-0.2, -0.15) is 5.26 Å². The summed E-state index contributed by atoms with van der Waals surface area (Å²) in [6, 6.07) is 14.1. The first-order valence-corrected chi connectivity index (χ1v) is 5.37. The van der Waals surface area contributed by atoms with E-state index in [1.807, 2.05) is 36.4 Å². The van der Waals surface area contributed by atoms with E-state index in [2.05, 4.69) is 6.07 Å². The average molecular weight is 222 g/mol. The van der Waals surface area contributed by atoms with Gasteiger partial charge in [0.1, 0.15) is 11.8 Å². The second kappa shape index (κ2) is 3.53. The summed E-state index contributed by atoms with van der Waals surface area (Å²) in [7, 11) is 0. The normalized spacial score (nSPS) is 14.1. The average Bonchev–Trinajstić information content (AvgIpc) is 2.38. The van der Waals surface area contributed by atoms with Gasteiger partial charge >= 0.3 is 0 Å². The van der Waals surface area contributed by atoms with Crippen LogP contribution in [0.15, 0.2) is 47.9 Å². The predicted molar refractivity (Wildman–Crippen MR) is 65.1 cm³/mol. The molecule has 0 saturated carbocycles. The number of nitrogens with zero attached hydrogens (tertiary/aromatic N) is 1. The van der Waals surface area contributed by atoms with Crippen molar-refractivity contribution in [2.24, 2.45) is 5.73 Å². The molecule has 1 aliphatic heterocycles. The van der Waals surface area contributed by atoms with Crippen molar-refractivity contribution < 1.29 is 4.74 Å². The van der Waals surface area contributed by atoms with E-state index < -0.39 is 0 Å². The van der Waals surface area contributed by atoms with Gasteiger partial charge in [-0.1, -0.05) is 36.4 Å². The van der Waals surface area contributed by atoms with Crippen LogP contribution in [0.1, 0.15) is 5.56 Å². The van der Waals surface area contributed by atoms with Crippen molar-refractivity contribution in [3.05, 3.63) is 53.4 Å². The molecule has 0 spiro atoms. The molecule has 0 aromatic heterocycles. The summed E-state index contributed by atoms with van der Waals surface area (Å²) in [5.74, 6) is 0.996. The number of nitrogens with two attached hydrogens (primary N) is 1. The van der Waals surface area contributed by atoms with Gasteiger partial charge in [-0.3, -0.25) is 0 Å². The highest BCUT2D eigenvalue weighted by atomic mass is 16.5. The van der Waals surface area contributed by atoms with E-state index in [1.165, 1.54) is 0 Å². The minimum atomic E-state index is 0.219. The molecule has 1 heterocycles. The molecule has 0 saturated heterocycles. The third-order valence-corrected chi connectivity index (χ3v) is 2.97. The fourth-order valence-corrected chi connectivity index (χ4v) is 2.09. The minimum Gasteiger partial charge on any atom is -0.440 e. The molecular formula is C14H10N2O. The summed E-state index contributed by atoms with van der Waals surface area (Å²) < 4.78 is 5.58. The molecule has 0 radical (unpaired) electrons. The van der Waals surface area contributed by atoms with Crippen LogP contribution < -0.4 is 10.5 Å². The van der Waals surface area contributed by atoms with Crippen molar-refractivity contribution in [2.75, 3.05) is 0 Å². The van der Waals surface area contributed by atoms with Crippen molar-refractivity contribution >= 4 is 10.8 Å². The summed E-state index contributed by atoms with van der Waals surface area (Å²) in [5.41, 5.74) is 7.23. The van der Waals surface area contributed by atoms with E-state index in [1.54, 1.807) is 0 Å². The predicted octanol–water partition coefficient (Wildman–Crippen LogP) is 2.47. The second-order valence-electron chi connectivity index (χ2n) is 4.01. The zero-order chi connectivity index (χ0) is 11.8. The SMILES string of the molecule is N#CC1=C(N)Oc2c(ccc3ccccc23)C1. The number of benzene rings is 2. The van der Waals surface area contributed by atoms with Gasteiger partial charge in [0.05, 0.1) is 5.57 Å². The lowest BCUT2D eigenvalue weighted by atomic mass is 9.98. The molecule has 17 heavy (non-hydrogen) atoms. The van der Waals surface area contributed by atoms with Gasteiger partial charge in [0, 0.05) is 17.4 Å². The molecule has 0 amide bonds. The van der Waals surface area contributed by atoms with Crippen LogP contribution in [0.4, 0.5) is 0 Å². The summed E-state index contributed by atoms with van der Waals surface area (Å²) >= 11 is 0. The Bertz CT molecular complexity index is 680. The van der Waals surface area contributed by atoms with Crippen molar-refractivity contribution in [2.45, 2.75) is 6.42 Å². The highest BCUT2D eigenvalue weighted by molar-refractivity contribution is 5.90. The lowest BCUT2D eigenvalue weighted by molar-refractivity contribution is 0.404. The first-order chi connectivity index (χ1) is 8.29. The van der Waals surface area contributed by atoms with Gasteiger partial charge in [0.2, 0.25) is 5.88 Å². The van der Waals surface area contributed by atoms with Crippen molar-refractivity contribution in [1.29, 1.82) is 5.26 Å². The summed E-state index contributed by atoms with van der Waals surface area (Å²) in [5, 5.41) is 11.1. The highest BCUT2D eigenvalue weighted by Gasteiger charge is 2.19. The molecule has 1 aliphatic rings. The number of fused-ring (bicyclic) bond motifs is 3. The Balaban J connectivity index is 2.25. The van der Waals surface area contributed by atoms with Crippen molar-refractivity contribution in [3.63, 3.8) is 0 Å². The van der Waals surface area contributed by atoms with Crippen molar-refractivity contribution in [3.8, 4) is 11.8 Å². The van der Waals surface area contributed by atoms with E-state index in [4.69, 9.17) is 15.7 Å². The van der Waals surface area contributed by atoms with E-state index in [-0.39, 0.29) is 5.88 Å². The number of allylic oxidation sites excluding steroid dienone is 1. The smallest absolute Gasteiger partial charge is 0.205 e. The maximum Gasteiger partial charge on any atom is 0.205 e. The van der Waals surface area contributed by atoms with Crippen LogP contribution in [0.5, 0.6) is 5.75 Å². The molecule has 0 atom stereocenters. The van der Waals surface area contributed by atoms with Crippen LogP contribution in [0.2, 0.25) is 0 Å². The Morgan fingerprint density at radius 2 is 2.00 bits per heavy atom. The van der Waals surface area contributed by atoms with Gasteiger partial charge in [-0.15, -0.1) is 0 Å². The molecule has 2 aromatic carbocycles. The molecule has 2 aromatic rings. The summed E-state index contributed by atoms with van der Waals surface area (Å²) in [6.45, 7) is 0. The zero-order valence-electron chi connectivity index (χ0n) is 9.10. The van der Waals surface area contributed by atoms with E-state index >= 15 is 0 Å². The third kappa shape index (κ3) is 1.42. The Kier molecular flexibility index (Phi) is 2.02. The first kappa shape index (κ1) is 9.73. The molecule has 0 fully saturated rings. The molecule has 0 aliphatic carbocycles. The van der Waals surface area contributed by atoms with Crippen LogP contribution in [-0.2, 0) is 6.42 Å². The lowest BCUT2D eigenvalue weighted by Gasteiger charge is -2.19. The Labute approximate surface area is 98.7 Å². The van der Waals surface area contributed by atoms with Crippen LogP contribution in [0, 0.1) is 11.3 Å². The molecule has 0 bridgehead atoms. The molecule has 2 N–H and O–H groups in total. The Hall–Kier alpha value is -2.47. The molecule has 0 unspecified atom stereocenters. The van der Waals surface area contributed by atoms with Crippen LogP contribution in [0.25, 0.3) is 10.8 Å². The minimum absolute atomic E-state index is 0.219. The maximum atomic E-state index is 8.93. The maximum absolute atomic E-state index is 8.93. The quantitative estimate of drug-likeness (QED) is 0.744. The number of rotatable bonds is 0. The monoisotopic (exact) mass is 222 g/mol. The number of nitriles is 1. The third-order valence-electron chi connectivity index (χ3n) is 2.97. The van der Waals surface area contributed by atoms with E-state index in [9.17, 15) is 0 Å². The van der Waals surface area contributed by atoms with E-state index in [0.29, 0.717) is 12.0 Å². The molecule has 3 heteroatoms. The topological polar surface area (TPSA) is 59.0 Å². The summed E-state index contributed by atoms with van der Waals surface area (Å²) in [4.78, 5) is 0. The Morgan fingerprint density at radius 3 is 2.82 bits per heavy atom. The fourth-order valence-electron chi connectivity index (χ4n) is 2.09.